The molecule has 3 nitrogen and oxygen atoms in total. The van der Waals surface area contributed by atoms with Crippen molar-refractivity contribution in [3.05, 3.63) is 17.3 Å². The molecule has 0 fully saturated rings. The molecule has 1 heterocycles. The van der Waals surface area contributed by atoms with E-state index in [1.54, 1.807) is 18.7 Å². The Balaban J connectivity index is 2.70. The van der Waals surface area contributed by atoms with Gasteiger partial charge in [-0.1, -0.05) is 13.8 Å². The maximum Gasteiger partial charge on any atom is 0.186 e. The molecule has 15 heavy (non-hydrogen) atoms. The van der Waals surface area contributed by atoms with Crippen molar-refractivity contribution in [1.82, 2.24) is 9.97 Å². The van der Waals surface area contributed by atoms with Gasteiger partial charge in [0.25, 0.3) is 0 Å². The van der Waals surface area contributed by atoms with Gasteiger partial charge in [0.05, 0.1) is 11.4 Å². The first-order valence-corrected chi connectivity index (χ1v) is 5.99. The van der Waals surface area contributed by atoms with Crippen LogP contribution in [0.2, 0.25) is 0 Å². The van der Waals surface area contributed by atoms with Gasteiger partial charge in [0.1, 0.15) is 5.82 Å². The average molecular weight is 229 g/mol. The summed E-state index contributed by atoms with van der Waals surface area (Å²) >= 11 is 1.75. The lowest BCUT2D eigenvalue weighted by Gasteiger charge is -2.08. The van der Waals surface area contributed by atoms with Crippen LogP contribution in [0.15, 0.2) is 0 Å². The van der Waals surface area contributed by atoms with Gasteiger partial charge in [-0.3, -0.25) is 0 Å². The Hall–Kier alpha value is -0.840. The first-order valence-electron chi connectivity index (χ1n) is 4.94. The molecular weight excluding hydrogens is 213 g/mol. The highest BCUT2D eigenvalue weighted by Crippen LogP contribution is 2.19. The molecule has 1 rings (SSSR count). The standard InChI is InChI=1S/C10H16FN3S/c1-4-6(2)15-5-8-13-7(3)9(11)10(12)14-8/h6H,4-5H2,1-3H3,(H2,12,13,14). The van der Waals surface area contributed by atoms with E-state index in [4.69, 9.17) is 5.73 Å². The van der Waals surface area contributed by atoms with Gasteiger partial charge in [0.2, 0.25) is 0 Å². The van der Waals surface area contributed by atoms with E-state index in [-0.39, 0.29) is 5.82 Å². The van der Waals surface area contributed by atoms with Crippen LogP contribution < -0.4 is 5.73 Å². The Kier molecular flexibility index (Phi) is 4.32. The minimum Gasteiger partial charge on any atom is -0.381 e. The van der Waals surface area contributed by atoms with Crippen LogP contribution in [0.4, 0.5) is 10.2 Å². The molecule has 0 amide bonds. The molecule has 0 aromatic carbocycles. The number of nitrogen functional groups attached to an aromatic ring is 1. The molecule has 0 bridgehead atoms. The number of hydrogen-bond acceptors (Lipinski definition) is 4. The van der Waals surface area contributed by atoms with Crippen LogP contribution >= 0.6 is 11.8 Å². The number of hydrogen-bond donors (Lipinski definition) is 1. The fraction of sp³-hybridized carbons (Fsp3) is 0.600. The second-order valence-corrected chi connectivity index (χ2v) is 4.88. The summed E-state index contributed by atoms with van der Waals surface area (Å²) in [6.45, 7) is 5.87. The first-order chi connectivity index (χ1) is 7.04. The highest BCUT2D eigenvalue weighted by molar-refractivity contribution is 7.99. The Bertz CT molecular complexity index is 320. The number of thioether (sulfide) groups is 1. The molecule has 0 saturated carbocycles. The molecule has 1 aromatic rings. The largest absolute Gasteiger partial charge is 0.381 e. The molecule has 1 aromatic heterocycles. The predicted molar refractivity (Wildman–Crippen MR) is 62.2 cm³/mol. The molecule has 2 N–H and O–H groups in total. The summed E-state index contributed by atoms with van der Waals surface area (Å²) in [6.07, 6.45) is 1.10. The molecule has 0 radical (unpaired) electrons. The van der Waals surface area contributed by atoms with Gasteiger partial charge in [-0.25, -0.2) is 14.4 Å². The Morgan fingerprint density at radius 2 is 2.13 bits per heavy atom. The molecule has 5 heteroatoms. The molecule has 0 aliphatic carbocycles. The van der Waals surface area contributed by atoms with Crippen LogP contribution in [0.5, 0.6) is 0 Å². The summed E-state index contributed by atoms with van der Waals surface area (Å²) in [5.41, 5.74) is 5.75. The van der Waals surface area contributed by atoms with Gasteiger partial charge in [-0.15, -0.1) is 0 Å². The van der Waals surface area contributed by atoms with Crippen LogP contribution in [0, 0.1) is 12.7 Å². The smallest absolute Gasteiger partial charge is 0.186 e. The van der Waals surface area contributed by atoms with Gasteiger partial charge in [-0.05, 0) is 13.3 Å². The van der Waals surface area contributed by atoms with Crippen LogP contribution in [-0.2, 0) is 5.75 Å². The number of nitrogens with two attached hydrogens (primary N) is 1. The van der Waals surface area contributed by atoms with Crippen LogP contribution in [0.1, 0.15) is 31.8 Å². The topological polar surface area (TPSA) is 51.8 Å². The Morgan fingerprint density at radius 1 is 1.47 bits per heavy atom. The van der Waals surface area contributed by atoms with Crippen molar-refractivity contribution < 1.29 is 4.39 Å². The van der Waals surface area contributed by atoms with Crippen molar-refractivity contribution in [3.63, 3.8) is 0 Å². The monoisotopic (exact) mass is 229 g/mol. The van der Waals surface area contributed by atoms with Crippen LogP contribution in [0.3, 0.4) is 0 Å². The highest BCUT2D eigenvalue weighted by Gasteiger charge is 2.09. The predicted octanol–water partition coefficient (Wildman–Crippen LogP) is 2.54. The zero-order valence-corrected chi connectivity index (χ0v) is 10.1. The van der Waals surface area contributed by atoms with Gasteiger partial charge >= 0.3 is 0 Å². The third kappa shape index (κ3) is 3.34. The molecular formula is C10H16FN3S. The lowest BCUT2D eigenvalue weighted by molar-refractivity contribution is 0.604. The molecule has 84 valence electrons. The van der Waals surface area contributed by atoms with Gasteiger partial charge in [-0.2, -0.15) is 11.8 Å². The number of anilines is 1. The lowest BCUT2D eigenvalue weighted by Crippen LogP contribution is -2.06. The second-order valence-electron chi connectivity index (χ2n) is 3.45. The fourth-order valence-corrected chi connectivity index (χ4v) is 1.84. The van der Waals surface area contributed by atoms with E-state index in [1.807, 2.05) is 0 Å². The Labute approximate surface area is 93.7 Å². The summed E-state index contributed by atoms with van der Waals surface area (Å²) < 4.78 is 13.1. The summed E-state index contributed by atoms with van der Waals surface area (Å²) in [7, 11) is 0. The van der Waals surface area contributed by atoms with Gasteiger partial charge < -0.3 is 5.73 Å². The van der Waals surface area contributed by atoms with E-state index >= 15 is 0 Å². The highest BCUT2D eigenvalue weighted by atomic mass is 32.2. The van der Waals surface area contributed by atoms with Gasteiger partial charge in [0, 0.05) is 5.25 Å². The lowest BCUT2D eigenvalue weighted by atomic mass is 10.4. The van der Waals surface area contributed by atoms with E-state index in [0.717, 1.165) is 6.42 Å². The zero-order valence-electron chi connectivity index (χ0n) is 9.25. The maximum atomic E-state index is 13.1. The number of rotatable bonds is 4. The van der Waals surface area contributed by atoms with Crippen molar-refractivity contribution in [2.45, 2.75) is 38.2 Å². The first kappa shape index (κ1) is 12.2. The third-order valence-corrected chi connectivity index (χ3v) is 3.49. The summed E-state index contributed by atoms with van der Waals surface area (Å²) in [6, 6.07) is 0. The average Bonchev–Trinajstić information content (AvgIpc) is 2.22. The normalized spacial score (nSPS) is 12.8. The summed E-state index contributed by atoms with van der Waals surface area (Å²) in [5, 5.41) is 0.556. The fourth-order valence-electron chi connectivity index (χ4n) is 1.04. The summed E-state index contributed by atoms with van der Waals surface area (Å²) in [4.78, 5) is 7.96. The number of halogens is 1. The minimum atomic E-state index is -0.507. The quantitative estimate of drug-likeness (QED) is 0.862. The van der Waals surface area contributed by atoms with E-state index in [1.165, 1.54) is 0 Å². The van der Waals surface area contributed by atoms with E-state index in [9.17, 15) is 4.39 Å². The molecule has 1 unspecified atom stereocenters. The van der Waals surface area contributed by atoms with Crippen molar-refractivity contribution >= 4 is 17.6 Å². The van der Waals surface area contributed by atoms with Crippen LogP contribution in [-0.4, -0.2) is 15.2 Å². The van der Waals surface area contributed by atoms with Crippen molar-refractivity contribution in [2.24, 2.45) is 0 Å². The molecule has 0 aliphatic rings. The SMILES string of the molecule is CCC(C)SCc1nc(C)c(F)c(N)n1. The van der Waals surface area contributed by atoms with Crippen molar-refractivity contribution in [2.75, 3.05) is 5.73 Å². The van der Waals surface area contributed by atoms with Crippen LogP contribution in [0.25, 0.3) is 0 Å². The van der Waals surface area contributed by atoms with Crippen molar-refractivity contribution in [1.29, 1.82) is 0 Å². The molecule has 0 aliphatic heterocycles. The maximum absolute atomic E-state index is 13.1. The van der Waals surface area contributed by atoms with E-state index in [0.29, 0.717) is 22.5 Å². The van der Waals surface area contributed by atoms with E-state index in [2.05, 4.69) is 23.8 Å². The number of nitrogens with zero attached hydrogens (tertiary/aromatic N) is 2. The Morgan fingerprint density at radius 3 is 2.67 bits per heavy atom. The summed E-state index contributed by atoms with van der Waals surface area (Å²) in [5.74, 6) is 0.728. The van der Waals surface area contributed by atoms with E-state index < -0.39 is 5.82 Å². The molecule has 0 spiro atoms. The minimum absolute atomic E-state index is 0.0535. The zero-order chi connectivity index (χ0) is 11.4. The number of aryl methyl sites for hydroxylation is 1. The second kappa shape index (κ2) is 5.30. The molecule has 0 saturated heterocycles. The number of aromatic nitrogens is 2. The van der Waals surface area contributed by atoms with Gasteiger partial charge in [0.15, 0.2) is 11.6 Å². The van der Waals surface area contributed by atoms with Crippen molar-refractivity contribution in [3.8, 4) is 0 Å². The third-order valence-electron chi connectivity index (χ3n) is 2.16. The molecule has 1 atom stereocenters.